The lowest BCUT2D eigenvalue weighted by Gasteiger charge is -1.98. The molecule has 1 aromatic heterocycles. The average molecular weight is 266 g/mol. The smallest absolute Gasteiger partial charge is 0.147 e. The second kappa shape index (κ2) is 4.62. The average Bonchev–Trinajstić information content (AvgIpc) is 2.78. The summed E-state index contributed by atoms with van der Waals surface area (Å²) in [6.45, 7) is 2.14. The number of hydrogen-bond acceptors (Lipinski definition) is 2. The van der Waals surface area contributed by atoms with E-state index >= 15 is 0 Å². The van der Waals surface area contributed by atoms with Crippen molar-refractivity contribution >= 4 is 15.9 Å². The quantitative estimate of drug-likeness (QED) is 0.790. The molecule has 0 bridgehead atoms. The summed E-state index contributed by atoms with van der Waals surface area (Å²) in [4.78, 5) is 0. The maximum Gasteiger partial charge on any atom is 0.147 e. The van der Waals surface area contributed by atoms with E-state index in [2.05, 4.69) is 52.3 Å². The Kier molecular flexibility index (Phi) is 3.21. The fourth-order valence-electron chi connectivity index (χ4n) is 1.46. The Bertz CT molecular complexity index is 450. The van der Waals surface area contributed by atoms with Crippen LogP contribution in [0.3, 0.4) is 0 Å². The highest BCUT2D eigenvalue weighted by Gasteiger charge is 2.05. The lowest BCUT2D eigenvalue weighted by Crippen LogP contribution is -1.82. The van der Waals surface area contributed by atoms with E-state index in [9.17, 15) is 0 Å². The molecule has 0 saturated heterocycles. The molecule has 0 saturated carbocycles. The molecule has 78 valence electrons. The summed E-state index contributed by atoms with van der Waals surface area (Å²) in [5.41, 5.74) is 3.33. The molecule has 2 rings (SSSR count). The summed E-state index contributed by atoms with van der Waals surface area (Å²) in [5, 5.41) is 4.73. The molecule has 15 heavy (non-hydrogen) atoms. The highest BCUT2D eigenvalue weighted by atomic mass is 79.9. The van der Waals surface area contributed by atoms with Crippen LogP contribution in [0.5, 0.6) is 0 Å². The van der Waals surface area contributed by atoms with Crippen LogP contribution in [-0.2, 0) is 11.8 Å². The van der Waals surface area contributed by atoms with Crippen LogP contribution in [-0.4, -0.2) is 5.16 Å². The minimum absolute atomic E-state index is 0.702. The van der Waals surface area contributed by atoms with Crippen molar-refractivity contribution in [1.82, 2.24) is 5.16 Å². The first-order valence-electron chi connectivity index (χ1n) is 4.94. The second-order valence-corrected chi connectivity index (χ2v) is 3.93. The first-order chi connectivity index (χ1) is 7.33. The van der Waals surface area contributed by atoms with Crippen LogP contribution in [0.2, 0.25) is 0 Å². The van der Waals surface area contributed by atoms with Gasteiger partial charge >= 0.3 is 0 Å². The number of aromatic nitrogens is 1. The molecule has 0 aliphatic rings. The third-order valence-corrected chi connectivity index (χ3v) is 2.87. The zero-order valence-electron chi connectivity index (χ0n) is 8.53. The summed E-state index contributed by atoms with van der Waals surface area (Å²) in [5.74, 6) is 0.854. The normalized spacial score (nSPS) is 10.5. The van der Waals surface area contributed by atoms with E-state index in [4.69, 9.17) is 4.52 Å². The topological polar surface area (TPSA) is 26.0 Å². The molecule has 2 nitrogen and oxygen atoms in total. The van der Waals surface area contributed by atoms with Crippen LogP contribution in [0.1, 0.15) is 18.2 Å². The Morgan fingerprint density at radius 3 is 2.87 bits per heavy atom. The largest absolute Gasteiger partial charge is 0.360 e. The lowest BCUT2D eigenvalue weighted by atomic mass is 10.1. The van der Waals surface area contributed by atoms with Gasteiger partial charge in [-0.1, -0.05) is 46.2 Å². The van der Waals surface area contributed by atoms with Gasteiger partial charge in [0, 0.05) is 11.6 Å². The first kappa shape index (κ1) is 10.4. The first-order valence-corrected chi connectivity index (χ1v) is 6.06. The van der Waals surface area contributed by atoms with E-state index in [0.29, 0.717) is 5.33 Å². The molecule has 0 amide bonds. The lowest BCUT2D eigenvalue weighted by molar-refractivity contribution is 0.398. The molecule has 0 atom stereocenters. The van der Waals surface area contributed by atoms with Crippen LogP contribution >= 0.6 is 15.9 Å². The third-order valence-electron chi connectivity index (χ3n) is 2.32. The van der Waals surface area contributed by atoms with Gasteiger partial charge in [0.1, 0.15) is 11.5 Å². The summed E-state index contributed by atoms with van der Waals surface area (Å²) in [7, 11) is 0. The van der Waals surface area contributed by atoms with Gasteiger partial charge in [0.25, 0.3) is 0 Å². The number of halogens is 1. The molecule has 0 fully saturated rings. The molecule has 0 radical (unpaired) electrons. The highest BCUT2D eigenvalue weighted by Crippen LogP contribution is 2.21. The summed E-state index contributed by atoms with van der Waals surface area (Å²) in [6, 6.07) is 10.3. The molecule has 2 aromatic rings. The van der Waals surface area contributed by atoms with Crippen molar-refractivity contribution in [2.24, 2.45) is 0 Å². The second-order valence-electron chi connectivity index (χ2n) is 3.37. The maximum absolute atomic E-state index is 5.14. The van der Waals surface area contributed by atoms with E-state index < -0.39 is 0 Å². The standard InChI is InChI=1S/C12H12BrNO/c1-2-9-4-3-5-10(6-9)12-7-11(8-13)15-14-12/h3-7H,2,8H2,1H3. The van der Waals surface area contributed by atoms with Crippen LogP contribution in [0.4, 0.5) is 0 Å². The number of rotatable bonds is 3. The van der Waals surface area contributed by atoms with E-state index in [0.717, 1.165) is 23.4 Å². The Morgan fingerprint density at radius 2 is 2.20 bits per heavy atom. The molecule has 1 aromatic carbocycles. The Hall–Kier alpha value is -1.09. The van der Waals surface area contributed by atoms with Crippen molar-refractivity contribution in [3.63, 3.8) is 0 Å². The van der Waals surface area contributed by atoms with Gasteiger partial charge in [0.05, 0.1) is 5.33 Å². The van der Waals surface area contributed by atoms with Crippen LogP contribution in [0.15, 0.2) is 34.9 Å². The minimum Gasteiger partial charge on any atom is -0.360 e. The van der Waals surface area contributed by atoms with E-state index in [-0.39, 0.29) is 0 Å². The summed E-state index contributed by atoms with van der Waals surface area (Å²) in [6.07, 6.45) is 1.04. The van der Waals surface area contributed by atoms with Gasteiger partial charge in [-0.15, -0.1) is 0 Å². The number of alkyl halides is 1. The predicted molar refractivity (Wildman–Crippen MR) is 63.9 cm³/mol. The Balaban J connectivity index is 2.35. The zero-order chi connectivity index (χ0) is 10.7. The molecule has 0 aliphatic carbocycles. The monoisotopic (exact) mass is 265 g/mol. The summed E-state index contributed by atoms with van der Waals surface area (Å²) >= 11 is 3.34. The van der Waals surface area contributed by atoms with Crippen molar-refractivity contribution in [2.45, 2.75) is 18.7 Å². The molecule has 0 aliphatic heterocycles. The van der Waals surface area contributed by atoms with Gasteiger partial charge < -0.3 is 4.52 Å². The molecule has 3 heteroatoms. The van der Waals surface area contributed by atoms with Crippen LogP contribution < -0.4 is 0 Å². The molecule has 1 heterocycles. The van der Waals surface area contributed by atoms with Gasteiger partial charge in [0.2, 0.25) is 0 Å². The Morgan fingerprint density at radius 1 is 1.33 bits per heavy atom. The van der Waals surface area contributed by atoms with Gasteiger partial charge in [-0.25, -0.2) is 0 Å². The van der Waals surface area contributed by atoms with Crippen molar-refractivity contribution < 1.29 is 4.52 Å². The maximum atomic E-state index is 5.14. The zero-order valence-corrected chi connectivity index (χ0v) is 10.1. The molecule has 0 N–H and O–H groups in total. The number of hydrogen-bond donors (Lipinski definition) is 0. The molecular formula is C12H12BrNO. The number of benzene rings is 1. The Labute approximate surface area is 97.4 Å². The van der Waals surface area contributed by atoms with E-state index in [1.54, 1.807) is 0 Å². The van der Waals surface area contributed by atoms with Crippen molar-refractivity contribution in [2.75, 3.05) is 0 Å². The van der Waals surface area contributed by atoms with Gasteiger partial charge in [-0.05, 0) is 18.1 Å². The van der Waals surface area contributed by atoms with Gasteiger partial charge in [0.15, 0.2) is 0 Å². The van der Waals surface area contributed by atoms with Gasteiger partial charge in [-0.2, -0.15) is 0 Å². The third kappa shape index (κ3) is 2.29. The van der Waals surface area contributed by atoms with E-state index in [1.165, 1.54) is 5.56 Å². The van der Waals surface area contributed by atoms with Crippen molar-refractivity contribution in [1.29, 1.82) is 0 Å². The highest BCUT2D eigenvalue weighted by molar-refractivity contribution is 9.08. The molecular weight excluding hydrogens is 254 g/mol. The SMILES string of the molecule is CCc1cccc(-c2cc(CBr)on2)c1. The number of aryl methyl sites for hydroxylation is 1. The minimum atomic E-state index is 0.702. The fourth-order valence-corrected chi connectivity index (χ4v) is 1.73. The van der Waals surface area contributed by atoms with Crippen molar-refractivity contribution in [3.05, 3.63) is 41.7 Å². The molecule has 0 unspecified atom stereocenters. The van der Waals surface area contributed by atoms with Crippen molar-refractivity contribution in [3.8, 4) is 11.3 Å². The predicted octanol–water partition coefficient (Wildman–Crippen LogP) is 3.80. The van der Waals surface area contributed by atoms with Crippen LogP contribution in [0.25, 0.3) is 11.3 Å². The molecule has 0 spiro atoms. The fraction of sp³-hybridized carbons (Fsp3) is 0.250. The van der Waals surface area contributed by atoms with E-state index in [1.807, 2.05) is 6.07 Å². The summed E-state index contributed by atoms with van der Waals surface area (Å²) < 4.78 is 5.14. The van der Waals surface area contributed by atoms with Gasteiger partial charge in [-0.3, -0.25) is 0 Å². The van der Waals surface area contributed by atoms with Crippen LogP contribution in [0, 0.1) is 0 Å². The number of nitrogens with zero attached hydrogens (tertiary/aromatic N) is 1.